The lowest BCUT2D eigenvalue weighted by Gasteiger charge is -2.30. The number of amides is 1. The average molecular weight is 424 g/mol. The van der Waals surface area contributed by atoms with Gasteiger partial charge in [-0.1, -0.05) is 32.1 Å². The van der Waals surface area contributed by atoms with E-state index in [1.54, 1.807) is 24.2 Å². The van der Waals surface area contributed by atoms with Crippen LogP contribution in [0.25, 0.3) is 0 Å². The van der Waals surface area contributed by atoms with E-state index in [9.17, 15) is 4.79 Å². The topological polar surface area (TPSA) is 97.3 Å². The van der Waals surface area contributed by atoms with E-state index in [2.05, 4.69) is 41.0 Å². The molecule has 7 nitrogen and oxygen atoms in total. The van der Waals surface area contributed by atoms with E-state index in [1.807, 2.05) is 0 Å². The molecule has 0 aromatic carbocycles. The van der Waals surface area contributed by atoms with E-state index >= 15 is 0 Å². The van der Waals surface area contributed by atoms with Crippen LogP contribution in [0.1, 0.15) is 45.3 Å². The number of hydrogen-bond donors (Lipinski definition) is 2. The molecule has 2 aromatic rings. The van der Waals surface area contributed by atoms with Crippen molar-refractivity contribution in [1.29, 1.82) is 0 Å². The third-order valence-electron chi connectivity index (χ3n) is 4.75. The summed E-state index contributed by atoms with van der Waals surface area (Å²) in [4.78, 5) is 23.5. The fourth-order valence-electron chi connectivity index (χ4n) is 3.05. The van der Waals surface area contributed by atoms with Crippen molar-refractivity contribution in [2.75, 3.05) is 31.5 Å². The summed E-state index contributed by atoms with van der Waals surface area (Å²) < 4.78 is 6.85. The van der Waals surface area contributed by atoms with Crippen molar-refractivity contribution in [2.24, 2.45) is 11.7 Å². The van der Waals surface area contributed by atoms with Crippen molar-refractivity contribution >= 4 is 34.1 Å². The Bertz CT molecular complexity index is 775. The first-order chi connectivity index (χ1) is 13.3. The quantitative estimate of drug-likeness (QED) is 0.659. The van der Waals surface area contributed by atoms with Gasteiger partial charge < -0.3 is 20.4 Å². The Balaban J connectivity index is 1.46. The number of carbonyl (C=O) groups excluding carboxylic acids is 1. The Labute approximate surface area is 174 Å². The standard InChI is InChI=1S/C19H29N5O2S2/c1-19(2,3)14-10-21-15(26-14)12-27-16-11-22-18(28-16)23-17(25)13-4-7-24(8-5-13)9-6-20/h10-11,13H,4-9,12,20H2,1-3H3,(H,22,23,25). The normalized spacial score (nSPS) is 16.4. The van der Waals surface area contributed by atoms with Crippen LogP contribution in [0.3, 0.4) is 0 Å². The summed E-state index contributed by atoms with van der Waals surface area (Å²) in [7, 11) is 0. The minimum Gasteiger partial charge on any atom is -0.444 e. The number of piperidine rings is 1. The molecule has 0 radical (unpaired) electrons. The molecule has 28 heavy (non-hydrogen) atoms. The Kier molecular flexibility index (Phi) is 7.14. The second-order valence-electron chi connectivity index (χ2n) is 8.04. The molecule has 3 N–H and O–H groups in total. The largest absolute Gasteiger partial charge is 0.444 e. The van der Waals surface area contributed by atoms with E-state index in [0.717, 1.165) is 42.4 Å². The number of oxazole rings is 1. The summed E-state index contributed by atoms with van der Waals surface area (Å²) in [6.07, 6.45) is 5.34. The Hall–Kier alpha value is -1.42. The van der Waals surface area contributed by atoms with Gasteiger partial charge in [-0.25, -0.2) is 9.97 Å². The van der Waals surface area contributed by atoms with Gasteiger partial charge in [-0.05, 0) is 25.9 Å². The first-order valence-corrected chi connectivity index (χ1v) is 11.4. The SMILES string of the molecule is CC(C)(C)c1cnc(CSc2cnc(NC(=O)C3CCN(CCN)CC3)s2)o1. The van der Waals surface area contributed by atoms with Crippen molar-refractivity contribution in [3.05, 3.63) is 24.0 Å². The molecular formula is C19H29N5O2S2. The molecule has 0 aliphatic carbocycles. The Morgan fingerprint density at radius 1 is 1.36 bits per heavy atom. The van der Waals surface area contributed by atoms with Gasteiger partial charge in [0.05, 0.1) is 22.4 Å². The van der Waals surface area contributed by atoms with Crippen LogP contribution < -0.4 is 11.1 Å². The van der Waals surface area contributed by atoms with E-state index in [-0.39, 0.29) is 17.2 Å². The highest BCUT2D eigenvalue weighted by molar-refractivity contribution is 8.00. The number of hydrogen-bond acceptors (Lipinski definition) is 8. The summed E-state index contributed by atoms with van der Waals surface area (Å²) in [5, 5.41) is 3.63. The third-order valence-corrected chi connectivity index (χ3v) is 6.84. The van der Waals surface area contributed by atoms with Crippen LogP contribution in [-0.2, 0) is 16.0 Å². The minimum absolute atomic E-state index is 0.0433. The van der Waals surface area contributed by atoms with Gasteiger partial charge in [0, 0.05) is 24.4 Å². The summed E-state index contributed by atoms with van der Waals surface area (Å²) in [5.74, 6) is 2.36. The van der Waals surface area contributed by atoms with Crippen LogP contribution >= 0.6 is 23.1 Å². The lowest BCUT2D eigenvalue weighted by atomic mass is 9.94. The van der Waals surface area contributed by atoms with Crippen LogP contribution in [0, 0.1) is 5.92 Å². The average Bonchev–Trinajstić information content (AvgIpc) is 3.30. The smallest absolute Gasteiger partial charge is 0.229 e. The number of nitrogens with two attached hydrogens (primary N) is 1. The number of thiazole rings is 1. The van der Waals surface area contributed by atoms with Gasteiger partial charge in [0.2, 0.25) is 11.8 Å². The van der Waals surface area contributed by atoms with Crippen molar-refractivity contribution in [3.8, 4) is 0 Å². The van der Waals surface area contributed by atoms with Crippen LogP contribution in [0.4, 0.5) is 5.13 Å². The Morgan fingerprint density at radius 3 is 2.75 bits per heavy atom. The second-order valence-corrected chi connectivity index (χ2v) is 10.3. The van der Waals surface area contributed by atoms with Gasteiger partial charge in [0.25, 0.3) is 0 Å². The van der Waals surface area contributed by atoms with E-state index in [0.29, 0.717) is 23.3 Å². The summed E-state index contributed by atoms with van der Waals surface area (Å²) in [6.45, 7) is 9.74. The molecule has 1 aliphatic heterocycles. The number of rotatable bonds is 7. The fraction of sp³-hybridized carbons (Fsp3) is 0.632. The first-order valence-electron chi connectivity index (χ1n) is 9.62. The van der Waals surface area contributed by atoms with Crippen LogP contribution in [0.5, 0.6) is 0 Å². The molecule has 0 atom stereocenters. The van der Waals surface area contributed by atoms with Gasteiger partial charge in [-0.2, -0.15) is 0 Å². The number of anilines is 1. The molecule has 1 amide bonds. The number of carbonyl (C=O) groups is 1. The van der Waals surface area contributed by atoms with E-state index in [4.69, 9.17) is 10.2 Å². The molecule has 0 unspecified atom stereocenters. The van der Waals surface area contributed by atoms with Crippen molar-refractivity contribution < 1.29 is 9.21 Å². The molecule has 3 heterocycles. The zero-order chi connectivity index (χ0) is 20.1. The van der Waals surface area contributed by atoms with Crippen LogP contribution in [0.15, 0.2) is 21.0 Å². The number of likely N-dealkylation sites (tertiary alicyclic amines) is 1. The van der Waals surface area contributed by atoms with Gasteiger partial charge in [0.15, 0.2) is 5.13 Å². The second kappa shape index (κ2) is 9.39. The molecule has 3 rings (SSSR count). The van der Waals surface area contributed by atoms with Crippen molar-refractivity contribution in [1.82, 2.24) is 14.9 Å². The first kappa shape index (κ1) is 21.3. The number of aromatic nitrogens is 2. The van der Waals surface area contributed by atoms with Gasteiger partial charge >= 0.3 is 0 Å². The maximum Gasteiger partial charge on any atom is 0.229 e. The number of nitrogens with zero attached hydrogens (tertiary/aromatic N) is 3. The lowest BCUT2D eigenvalue weighted by molar-refractivity contribution is -0.121. The van der Waals surface area contributed by atoms with Crippen molar-refractivity contribution in [3.63, 3.8) is 0 Å². The highest BCUT2D eigenvalue weighted by Gasteiger charge is 2.25. The highest BCUT2D eigenvalue weighted by Crippen LogP contribution is 2.32. The zero-order valence-corrected chi connectivity index (χ0v) is 18.4. The fourth-order valence-corrected chi connectivity index (χ4v) is 4.78. The molecule has 1 fully saturated rings. The number of nitrogens with one attached hydrogen (secondary N) is 1. The molecule has 1 saturated heterocycles. The molecule has 154 valence electrons. The molecule has 0 saturated carbocycles. The molecule has 0 bridgehead atoms. The lowest BCUT2D eigenvalue weighted by Crippen LogP contribution is -2.40. The van der Waals surface area contributed by atoms with Gasteiger partial charge in [-0.3, -0.25) is 4.79 Å². The third kappa shape index (κ3) is 5.79. The molecule has 2 aromatic heterocycles. The number of thioether (sulfide) groups is 1. The van der Waals surface area contributed by atoms with Crippen molar-refractivity contribution in [2.45, 2.75) is 49.0 Å². The highest BCUT2D eigenvalue weighted by atomic mass is 32.2. The Morgan fingerprint density at radius 2 is 2.11 bits per heavy atom. The maximum absolute atomic E-state index is 12.5. The predicted octanol–water partition coefficient (Wildman–Crippen LogP) is 3.33. The van der Waals surface area contributed by atoms with E-state index in [1.165, 1.54) is 11.3 Å². The zero-order valence-electron chi connectivity index (χ0n) is 16.7. The maximum atomic E-state index is 12.5. The molecular weight excluding hydrogens is 394 g/mol. The van der Waals surface area contributed by atoms with Crippen LogP contribution in [0.2, 0.25) is 0 Å². The van der Waals surface area contributed by atoms with E-state index < -0.39 is 0 Å². The molecule has 9 heteroatoms. The summed E-state index contributed by atoms with van der Waals surface area (Å²) in [6, 6.07) is 0. The van der Waals surface area contributed by atoms with Crippen LogP contribution in [-0.4, -0.2) is 47.0 Å². The monoisotopic (exact) mass is 423 g/mol. The summed E-state index contributed by atoms with van der Waals surface area (Å²) in [5.41, 5.74) is 5.56. The minimum atomic E-state index is -0.0433. The molecule has 1 aliphatic rings. The molecule has 0 spiro atoms. The van der Waals surface area contributed by atoms with Gasteiger partial charge in [-0.15, -0.1) is 11.8 Å². The van der Waals surface area contributed by atoms with Gasteiger partial charge in [0.1, 0.15) is 5.76 Å². The predicted molar refractivity (Wildman–Crippen MR) is 114 cm³/mol. The summed E-state index contributed by atoms with van der Waals surface area (Å²) >= 11 is 3.11.